The van der Waals surface area contributed by atoms with Gasteiger partial charge in [0.2, 0.25) is 11.9 Å². The molecule has 0 fully saturated rings. The molecule has 0 radical (unpaired) electrons. The quantitative estimate of drug-likeness (QED) is 0.507. The smallest absolute Gasteiger partial charge is 0.249 e. The van der Waals surface area contributed by atoms with Crippen LogP contribution in [-0.2, 0) is 11.8 Å². The zero-order chi connectivity index (χ0) is 23.3. The van der Waals surface area contributed by atoms with Crippen molar-refractivity contribution in [3.63, 3.8) is 0 Å². The number of hydrogen-bond acceptors (Lipinski definition) is 6. The predicted octanol–water partition coefficient (Wildman–Crippen LogP) is 4.35. The standard InChI is InChI=1S/C25H27N7O/c1-15(2)32-16(3)24(33)31(5)22-10-9-17(13-23(22)32)27-25-26-12-11-20(28-25)18-7-6-8-21-19(18)14-30(4)29-21/h6-16H,1-5H3,(H,26,27,28)/t16-/m1/s1. The number of nitrogens with one attached hydrogen (secondary N) is 1. The summed E-state index contributed by atoms with van der Waals surface area (Å²) in [6, 6.07) is 13.9. The Bertz CT molecular complexity index is 1360. The summed E-state index contributed by atoms with van der Waals surface area (Å²) in [4.78, 5) is 25.8. The molecule has 0 saturated carbocycles. The molecule has 0 unspecified atom stereocenters. The van der Waals surface area contributed by atoms with E-state index in [-0.39, 0.29) is 18.0 Å². The van der Waals surface area contributed by atoms with E-state index in [1.807, 2.05) is 68.3 Å². The Labute approximate surface area is 192 Å². The third-order valence-corrected chi connectivity index (χ3v) is 6.13. The van der Waals surface area contributed by atoms with Crippen LogP contribution in [0.2, 0.25) is 0 Å². The second kappa shape index (κ2) is 7.88. The molecule has 1 amide bonds. The lowest BCUT2D eigenvalue weighted by molar-refractivity contribution is -0.119. The van der Waals surface area contributed by atoms with Crippen LogP contribution in [0.1, 0.15) is 20.8 Å². The predicted molar refractivity (Wildman–Crippen MR) is 132 cm³/mol. The Morgan fingerprint density at radius 2 is 1.88 bits per heavy atom. The molecule has 0 saturated heterocycles. The summed E-state index contributed by atoms with van der Waals surface area (Å²) in [5.41, 5.74) is 5.55. The van der Waals surface area contributed by atoms with E-state index in [2.05, 4.69) is 40.2 Å². The van der Waals surface area contributed by atoms with Crippen LogP contribution >= 0.6 is 0 Å². The number of nitrogens with zero attached hydrogens (tertiary/aromatic N) is 6. The highest BCUT2D eigenvalue weighted by Crippen LogP contribution is 2.39. The summed E-state index contributed by atoms with van der Waals surface area (Å²) in [7, 11) is 3.74. The topological polar surface area (TPSA) is 79.2 Å². The van der Waals surface area contributed by atoms with Crippen molar-refractivity contribution >= 4 is 39.8 Å². The fourth-order valence-electron chi connectivity index (χ4n) is 4.63. The average Bonchev–Trinajstić information content (AvgIpc) is 3.18. The molecule has 0 bridgehead atoms. The van der Waals surface area contributed by atoms with Gasteiger partial charge in [0.15, 0.2) is 0 Å². The van der Waals surface area contributed by atoms with Crippen LogP contribution in [0, 0.1) is 0 Å². The first kappa shape index (κ1) is 20.9. The number of benzene rings is 2. The van der Waals surface area contributed by atoms with Crippen LogP contribution in [0.5, 0.6) is 0 Å². The van der Waals surface area contributed by atoms with Crippen molar-refractivity contribution in [2.75, 3.05) is 22.2 Å². The molecule has 2 aromatic heterocycles. The number of anilines is 4. The third kappa shape index (κ3) is 3.57. The molecule has 168 valence electrons. The molecule has 0 aliphatic carbocycles. The summed E-state index contributed by atoms with van der Waals surface area (Å²) in [5.74, 6) is 0.607. The number of aryl methyl sites for hydroxylation is 1. The number of fused-ring (bicyclic) bond motifs is 2. The monoisotopic (exact) mass is 441 g/mol. The number of likely N-dealkylation sites (N-methyl/N-ethyl adjacent to an activating group) is 1. The molecular weight excluding hydrogens is 414 g/mol. The second-order valence-electron chi connectivity index (χ2n) is 8.71. The van der Waals surface area contributed by atoms with Crippen molar-refractivity contribution in [1.29, 1.82) is 0 Å². The van der Waals surface area contributed by atoms with Crippen molar-refractivity contribution in [2.45, 2.75) is 32.9 Å². The van der Waals surface area contributed by atoms with Crippen molar-refractivity contribution in [1.82, 2.24) is 19.7 Å². The number of hydrogen-bond donors (Lipinski definition) is 1. The average molecular weight is 442 g/mol. The maximum Gasteiger partial charge on any atom is 0.249 e. The van der Waals surface area contributed by atoms with Crippen LogP contribution in [0.25, 0.3) is 22.2 Å². The molecule has 8 nitrogen and oxygen atoms in total. The van der Waals surface area contributed by atoms with Crippen molar-refractivity contribution in [3.8, 4) is 11.3 Å². The van der Waals surface area contributed by atoms with Crippen molar-refractivity contribution in [2.24, 2.45) is 7.05 Å². The Morgan fingerprint density at radius 3 is 2.67 bits per heavy atom. The molecule has 8 heteroatoms. The van der Waals surface area contributed by atoms with Gasteiger partial charge in [-0.3, -0.25) is 9.48 Å². The van der Waals surface area contributed by atoms with Gasteiger partial charge in [-0.05, 0) is 51.1 Å². The van der Waals surface area contributed by atoms with E-state index in [9.17, 15) is 4.79 Å². The van der Waals surface area contributed by atoms with Gasteiger partial charge >= 0.3 is 0 Å². The largest absolute Gasteiger partial charge is 0.356 e. The number of amides is 1. The summed E-state index contributed by atoms with van der Waals surface area (Å²) in [6.07, 6.45) is 3.76. The maximum absolute atomic E-state index is 12.7. The highest BCUT2D eigenvalue weighted by atomic mass is 16.2. The zero-order valence-corrected chi connectivity index (χ0v) is 19.4. The normalized spacial score (nSPS) is 15.9. The molecule has 1 aliphatic heterocycles. The van der Waals surface area contributed by atoms with E-state index < -0.39 is 0 Å². The van der Waals surface area contributed by atoms with Crippen molar-refractivity contribution < 1.29 is 4.79 Å². The van der Waals surface area contributed by atoms with Crippen LogP contribution in [0.15, 0.2) is 54.9 Å². The zero-order valence-electron chi connectivity index (χ0n) is 19.4. The fourth-order valence-corrected chi connectivity index (χ4v) is 4.63. The van der Waals surface area contributed by atoms with E-state index in [1.165, 1.54) is 0 Å². The molecule has 4 aromatic rings. The number of aromatic nitrogens is 4. The highest BCUT2D eigenvalue weighted by molar-refractivity contribution is 6.05. The van der Waals surface area contributed by atoms with E-state index in [1.54, 1.807) is 11.1 Å². The number of rotatable bonds is 4. The molecule has 0 spiro atoms. The van der Waals surface area contributed by atoms with Gasteiger partial charge in [-0.2, -0.15) is 5.10 Å². The maximum atomic E-state index is 12.7. The summed E-state index contributed by atoms with van der Waals surface area (Å²) in [6.45, 7) is 6.16. The molecule has 1 N–H and O–H groups in total. The highest BCUT2D eigenvalue weighted by Gasteiger charge is 2.34. The van der Waals surface area contributed by atoms with E-state index in [0.29, 0.717) is 5.95 Å². The molecule has 2 aromatic carbocycles. The van der Waals surface area contributed by atoms with E-state index >= 15 is 0 Å². The third-order valence-electron chi connectivity index (χ3n) is 6.13. The van der Waals surface area contributed by atoms with Gasteiger partial charge in [-0.15, -0.1) is 0 Å². The lowest BCUT2D eigenvalue weighted by atomic mass is 10.0. The molecule has 33 heavy (non-hydrogen) atoms. The lowest BCUT2D eigenvalue weighted by Gasteiger charge is -2.42. The first-order chi connectivity index (χ1) is 15.8. The Hall–Kier alpha value is -3.94. The minimum Gasteiger partial charge on any atom is -0.356 e. The minimum absolute atomic E-state index is 0.0949. The van der Waals surface area contributed by atoms with Gasteiger partial charge in [0.1, 0.15) is 6.04 Å². The fraction of sp³-hybridized carbons (Fsp3) is 0.280. The van der Waals surface area contributed by atoms with Crippen LogP contribution in [0.3, 0.4) is 0 Å². The van der Waals surface area contributed by atoms with Gasteiger partial charge in [-0.25, -0.2) is 9.97 Å². The number of carbonyl (C=O) groups excluding carboxylic acids is 1. The van der Waals surface area contributed by atoms with Gasteiger partial charge in [-0.1, -0.05) is 12.1 Å². The minimum atomic E-state index is -0.225. The first-order valence-corrected chi connectivity index (χ1v) is 11.1. The second-order valence-corrected chi connectivity index (χ2v) is 8.71. The van der Waals surface area contributed by atoms with Gasteiger partial charge in [0, 0.05) is 49.2 Å². The lowest BCUT2D eigenvalue weighted by Crippen LogP contribution is -2.53. The van der Waals surface area contributed by atoms with Gasteiger partial charge in [0.05, 0.1) is 22.6 Å². The van der Waals surface area contributed by atoms with E-state index in [4.69, 9.17) is 4.98 Å². The molecule has 1 aliphatic rings. The first-order valence-electron chi connectivity index (χ1n) is 11.1. The summed E-state index contributed by atoms with van der Waals surface area (Å²) < 4.78 is 1.81. The SMILES string of the molecule is CC(C)N1c2cc(Nc3nccc(-c4cccc5nn(C)cc45)n3)ccc2N(C)C(=O)[C@H]1C. The van der Waals surface area contributed by atoms with Crippen LogP contribution < -0.4 is 15.1 Å². The van der Waals surface area contributed by atoms with E-state index in [0.717, 1.165) is 39.2 Å². The summed E-state index contributed by atoms with van der Waals surface area (Å²) in [5, 5.41) is 8.89. The number of carbonyl (C=O) groups is 1. The van der Waals surface area contributed by atoms with Gasteiger partial charge < -0.3 is 15.1 Å². The van der Waals surface area contributed by atoms with Crippen LogP contribution in [0.4, 0.5) is 23.0 Å². The van der Waals surface area contributed by atoms with Crippen LogP contribution in [-0.4, -0.2) is 44.8 Å². The van der Waals surface area contributed by atoms with Crippen molar-refractivity contribution in [3.05, 3.63) is 54.9 Å². The molecular formula is C25H27N7O. The molecule has 3 heterocycles. The molecule has 5 rings (SSSR count). The Balaban J connectivity index is 1.50. The van der Waals surface area contributed by atoms with Gasteiger partial charge in [0.25, 0.3) is 0 Å². The Morgan fingerprint density at radius 1 is 1.06 bits per heavy atom. The molecule has 1 atom stereocenters. The Kier molecular flexibility index (Phi) is 5.00. The summed E-state index contributed by atoms with van der Waals surface area (Å²) >= 11 is 0.